The number of anilines is 1. The number of hydrogen-bond acceptors (Lipinski definition) is 7. The zero-order valence-electron chi connectivity index (χ0n) is 18.0. The van der Waals surface area contributed by atoms with E-state index in [9.17, 15) is 9.59 Å². The van der Waals surface area contributed by atoms with E-state index in [1.807, 2.05) is 0 Å². The molecule has 10 heteroatoms. The van der Waals surface area contributed by atoms with E-state index in [1.165, 1.54) is 16.9 Å². The Labute approximate surface area is 185 Å². The van der Waals surface area contributed by atoms with Crippen molar-refractivity contribution in [1.82, 2.24) is 19.8 Å². The third-order valence-electron chi connectivity index (χ3n) is 5.67. The summed E-state index contributed by atoms with van der Waals surface area (Å²) in [6, 6.07) is -0.200. The van der Waals surface area contributed by atoms with E-state index < -0.39 is 0 Å². The first-order chi connectivity index (χ1) is 15.0. The fourth-order valence-electron chi connectivity index (χ4n) is 3.96. The van der Waals surface area contributed by atoms with Crippen molar-refractivity contribution in [2.75, 3.05) is 52.8 Å². The number of piperidine rings is 1. The summed E-state index contributed by atoms with van der Waals surface area (Å²) >= 11 is 1.42. The fraction of sp³-hybridized carbons (Fsp3) is 0.524. The Kier molecular flexibility index (Phi) is 6.38. The van der Waals surface area contributed by atoms with Crippen LogP contribution in [0.4, 0.5) is 9.93 Å². The van der Waals surface area contributed by atoms with Crippen LogP contribution < -0.4 is 10.1 Å². The molecule has 0 aliphatic carbocycles. The van der Waals surface area contributed by atoms with Crippen LogP contribution in [0, 0.1) is 5.92 Å². The number of ether oxygens (including phenoxy) is 2. The second kappa shape index (κ2) is 9.19. The highest BCUT2D eigenvalue weighted by Crippen LogP contribution is 2.38. The van der Waals surface area contributed by atoms with E-state index in [1.54, 1.807) is 37.2 Å². The lowest BCUT2D eigenvalue weighted by Gasteiger charge is -2.32. The summed E-state index contributed by atoms with van der Waals surface area (Å²) in [5, 5.41) is 3.43. The Hall–Kier alpha value is -2.72. The maximum Gasteiger partial charge on any atom is 0.323 e. The second-order valence-electron chi connectivity index (χ2n) is 7.86. The number of urea groups is 1. The Bertz CT molecular complexity index is 1010. The van der Waals surface area contributed by atoms with Gasteiger partial charge in [-0.1, -0.05) is 17.4 Å². The molecule has 4 heterocycles. The van der Waals surface area contributed by atoms with Gasteiger partial charge in [0.25, 0.3) is 0 Å². The number of thiazole rings is 1. The number of amides is 3. The van der Waals surface area contributed by atoms with Gasteiger partial charge in [-0.05, 0) is 24.8 Å². The molecule has 0 bridgehead atoms. The molecule has 0 atom stereocenters. The Morgan fingerprint density at radius 2 is 2.10 bits per heavy atom. The molecule has 166 valence electrons. The molecule has 31 heavy (non-hydrogen) atoms. The lowest BCUT2D eigenvalue weighted by atomic mass is 9.96. The van der Waals surface area contributed by atoms with E-state index in [4.69, 9.17) is 9.47 Å². The van der Waals surface area contributed by atoms with Gasteiger partial charge >= 0.3 is 6.03 Å². The maximum atomic E-state index is 12.8. The van der Waals surface area contributed by atoms with Crippen LogP contribution in [-0.2, 0) is 9.53 Å². The molecular formula is C21H27N5O4S. The molecule has 0 spiro atoms. The highest BCUT2D eigenvalue weighted by Gasteiger charge is 2.29. The predicted molar refractivity (Wildman–Crippen MR) is 119 cm³/mol. The van der Waals surface area contributed by atoms with Crippen molar-refractivity contribution in [3.05, 3.63) is 17.8 Å². The number of rotatable bonds is 4. The molecule has 0 aromatic carbocycles. The summed E-state index contributed by atoms with van der Waals surface area (Å²) in [4.78, 5) is 37.3. The second-order valence-corrected chi connectivity index (χ2v) is 8.86. The average Bonchev–Trinajstić information content (AvgIpc) is 3.22. The lowest BCUT2D eigenvalue weighted by Crippen LogP contribution is -2.44. The molecule has 2 aliphatic rings. The minimum Gasteiger partial charge on any atom is -0.479 e. The molecule has 9 nitrogen and oxygen atoms in total. The van der Waals surface area contributed by atoms with Gasteiger partial charge < -0.3 is 19.3 Å². The first-order valence-corrected chi connectivity index (χ1v) is 11.2. The minimum absolute atomic E-state index is 0.0212. The number of nitrogens with zero attached hydrogens (tertiary/aromatic N) is 4. The van der Waals surface area contributed by atoms with Crippen LogP contribution >= 0.6 is 11.3 Å². The van der Waals surface area contributed by atoms with Crippen LogP contribution in [-0.4, -0.2) is 79.2 Å². The predicted octanol–water partition coefficient (Wildman–Crippen LogP) is 2.84. The monoisotopic (exact) mass is 445 g/mol. The quantitative estimate of drug-likeness (QED) is 0.777. The van der Waals surface area contributed by atoms with Crippen molar-refractivity contribution < 1.29 is 19.1 Å². The highest BCUT2D eigenvalue weighted by molar-refractivity contribution is 7.22. The van der Waals surface area contributed by atoms with E-state index in [2.05, 4.69) is 21.4 Å². The zero-order chi connectivity index (χ0) is 22.0. The number of methoxy groups -OCH3 is 1. The molecule has 1 N–H and O–H groups in total. The van der Waals surface area contributed by atoms with Gasteiger partial charge in [0.15, 0.2) is 5.13 Å². The summed E-state index contributed by atoms with van der Waals surface area (Å²) in [6.45, 7) is 2.35. The number of aromatic nitrogens is 2. The van der Waals surface area contributed by atoms with Crippen LogP contribution in [0.1, 0.15) is 24.8 Å². The van der Waals surface area contributed by atoms with Gasteiger partial charge in [-0.2, -0.15) is 0 Å². The van der Waals surface area contributed by atoms with E-state index in [-0.39, 0.29) is 17.9 Å². The van der Waals surface area contributed by atoms with E-state index in [0.717, 1.165) is 16.7 Å². The van der Waals surface area contributed by atoms with Crippen molar-refractivity contribution in [3.8, 4) is 5.88 Å². The maximum absolute atomic E-state index is 12.8. The first-order valence-electron chi connectivity index (χ1n) is 10.4. The Morgan fingerprint density at radius 3 is 2.74 bits per heavy atom. The van der Waals surface area contributed by atoms with Crippen molar-refractivity contribution in [2.24, 2.45) is 5.92 Å². The molecule has 2 aromatic heterocycles. The third-order valence-corrected chi connectivity index (χ3v) is 6.68. The summed E-state index contributed by atoms with van der Waals surface area (Å²) in [5.41, 5.74) is 2.81. The Morgan fingerprint density at radius 1 is 1.32 bits per heavy atom. The standard InChI is InChI=1S/C21H27N5O4S/c1-25(2)19(27)14-4-8-26(9-5-14)21(28)24-20-23-16-17(31-20)15(12-22-18(16)29-3)13-6-10-30-11-7-13/h6,12,14H,4-5,7-11H2,1-3H3,(H,23,24,28). The average molecular weight is 446 g/mol. The SMILES string of the molecule is COc1ncc(C2=CCOCC2)c2sc(NC(=O)N3CCC(C(=O)N(C)C)CC3)nc12. The molecule has 4 rings (SSSR count). The number of nitrogens with one attached hydrogen (secondary N) is 1. The van der Waals surface area contributed by atoms with Crippen LogP contribution in [0.15, 0.2) is 12.3 Å². The van der Waals surface area contributed by atoms with Gasteiger partial charge in [0.1, 0.15) is 5.52 Å². The van der Waals surface area contributed by atoms with Crippen LogP contribution in [0.2, 0.25) is 0 Å². The summed E-state index contributed by atoms with van der Waals surface area (Å²) < 4.78 is 11.7. The number of fused-ring (bicyclic) bond motifs is 1. The molecule has 2 aliphatic heterocycles. The smallest absolute Gasteiger partial charge is 0.323 e. The molecule has 1 saturated heterocycles. The topological polar surface area (TPSA) is 96.9 Å². The van der Waals surface area contributed by atoms with Gasteiger partial charge in [0.05, 0.1) is 25.0 Å². The van der Waals surface area contributed by atoms with Crippen LogP contribution in [0.25, 0.3) is 15.8 Å². The summed E-state index contributed by atoms with van der Waals surface area (Å²) in [7, 11) is 5.09. The zero-order valence-corrected chi connectivity index (χ0v) is 18.8. The number of likely N-dealkylation sites (tertiary alicyclic amines) is 1. The fourth-order valence-corrected chi connectivity index (χ4v) is 4.95. The van der Waals surface area contributed by atoms with Gasteiger partial charge in [-0.15, -0.1) is 0 Å². The van der Waals surface area contributed by atoms with Crippen molar-refractivity contribution in [2.45, 2.75) is 19.3 Å². The molecule has 0 saturated carbocycles. The van der Waals surface area contributed by atoms with E-state index in [0.29, 0.717) is 55.7 Å². The lowest BCUT2D eigenvalue weighted by molar-refractivity contribution is -0.134. The van der Waals surface area contributed by atoms with Crippen LogP contribution in [0.5, 0.6) is 5.88 Å². The third kappa shape index (κ3) is 4.49. The van der Waals surface area contributed by atoms with E-state index >= 15 is 0 Å². The Balaban J connectivity index is 1.50. The van der Waals surface area contributed by atoms with Crippen molar-refractivity contribution >= 4 is 44.2 Å². The number of pyridine rings is 1. The molecule has 0 radical (unpaired) electrons. The van der Waals surface area contributed by atoms with Gasteiger partial charge in [0, 0.05) is 44.9 Å². The normalized spacial score (nSPS) is 17.4. The van der Waals surface area contributed by atoms with Gasteiger partial charge in [-0.3, -0.25) is 10.1 Å². The number of hydrogen-bond donors (Lipinski definition) is 1. The summed E-state index contributed by atoms with van der Waals surface area (Å²) in [6.07, 6.45) is 6.01. The molecule has 2 aromatic rings. The van der Waals surface area contributed by atoms with Gasteiger partial charge in [0.2, 0.25) is 11.8 Å². The number of carbonyl (C=O) groups is 2. The van der Waals surface area contributed by atoms with Crippen LogP contribution in [0.3, 0.4) is 0 Å². The van der Waals surface area contributed by atoms with Crippen molar-refractivity contribution in [1.29, 1.82) is 0 Å². The van der Waals surface area contributed by atoms with Gasteiger partial charge in [-0.25, -0.2) is 14.8 Å². The van der Waals surface area contributed by atoms with Crippen molar-refractivity contribution in [3.63, 3.8) is 0 Å². The minimum atomic E-state index is -0.200. The first kappa shape index (κ1) is 21.5. The summed E-state index contributed by atoms with van der Waals surface area (Å²) in [5.74, 6) is 0.541. The number of carbonyl (C=O) groups excluding carboxylic acids is 2. The largest absolute Gasteiger partial charge is 0.479 e. The molecule has 1 fully saturated rings. The molecule has 0 unspecified atom stereocenters. The molecule has 3 amide bonds. The molecular weight excluding hydrogens is 418 g/mol. The highest BCUT2D eigenvalue weighted by atomic mass is 32.1.